The van der Waals surface area contributed by atoms with Crippen LogP contribution >= 0.6 is 11.6 Å². The van der Waals surface area contributed by atoms with Crippen molar-refractivity contribution in [3.8, 4) is 11.5 Å². The number of imide groups is 2. The van der Waals surface area contributed by atoms with Crippen molar-refractivity contribution in [2.75, 3.05) is 36.5 Å². The number of nitrogens with zero attached hydrogens (tertiary/aromatic N) is 6. The zero-order valence-corrected chi connectivity index (χ0v) is 31.3. The van der Waals surface area contributed by atoms with Gasteiger partial charge in [-0.25, -0.2) is 9.83 Å². The number of amides is 4. The van der Waals surface area contributed by atoms with Gasteiger partial charge in [-0.15, -0.1) is 0 Å². The van der Waals surface area contributed by atoms with Crippen molar-refractivity contribution in [1.29, 1.82) is 0 Å². The second-order valence-electron chi connectivity index (χ2n) is 15.4. The highest BCUT2D eigenvalue weighted by Gasteiger charge is 2.45. The molecule has 4 aliphatic heterocycles. The molecule has 1 unspecified atom stereocenters. The number of rotatable bonds is 7. The van der Waals surface area contributed by atoms with Gasteiger partial charge >= 0.3 is 0 Å². The molecule has 2 saturated heterocycles. The molecule has 13 heteroatoms. The minimum Gasteiger partial charge on any atom is -0.441 e. The van der Waals surface area contributed by atoms with Gasteiger partial charge in [0.25, 0.3) is 11.8 Å². The number of likely N-dealkylation sites (N-methyl/N-ethyl adjacent to an activating group) is 1. The summed E-state index contributed by atoms with van der Waals surface area (Å²) in [4.78, 5) is 67.2. The summed E-state index contributed by atoms with van der Waals surface area (Å²) in [6.45, 7) is 11.6. The fourth-order valence-corrected chi connectivity index (χ4v) is 9.17. The molecule has 0 spiro atoms. The predicted molar refractivity (Wildman–Crippen MR) is 206 cm³/mol. The van der Waals surface area contributed by atoms with Crippen LogP contribution in [0.4, 0.5) is 17.1 Å². The number of carbonyl (C=O) groups excluding carboxylic acids is 4. The van der Waals surface area contributed by atoms with Crippen LogP contribution in [0.25, 0.3) is 16.3 Å². The van der Waals surface area contributed by atoms with Gasteiger partial charge in [0.1, 0.15) is 11.8 Å². The molecule has 0 radical (unpaired) electrons. The van der Waals surface area contributed by atoms with Crippen LogP contribution in [0.15, 0.2) is 59.0 Å². The molecular weight excluding hydrogens is 718 g/mol. The Labute approximate surface area is 323 Å². The molecule has 1 aliphatic carbocycles. The third-order valence-electron chi connectivity index (χ3n) is 12.1. The van der Waals surface area contributed by atoms with E-state index in [1.54, 1.807) is 6.07 Å². The Morgan fingerprint density at radius 2 is 1.64 bits per heavy atom. The number of anilines is 2. The van der Waals surface area contributed by atoms with Crippen LogP contribution in [0.1, 0.15) is 75.4 Å². The molecule has 5 heterocycles. The van der Waals surface area contributed by atoms with Gasteiger partial charge in [0, 0.05) is 87.0 Å². The van der Waals surface area contributed by atoms with Gasteiger partial charge in [0.05, 0.1) is 23.4 Å². The average Bonchev–Trinajstić information content (AvgIpc) is 3.87. The second kappa shape index (κ2) is 14.0. The molecular formula is C42H40ClN7O5. The first-order chi connectivity index (χ1) is 26.6. The second-order valence-corrected chi connectivity index (χ2v) is 15.8. The highest BCUT2D eigenvalue weighted by Crippen LogP contribution is 2.37. The number of aryl methyl sites for hydroxylation is 1. The number of piperidine rings is 2. The Morgan fingerprint density at radius 3 is 2.29 bits per heavy atom. The Kier molecular flexibility index (Phi) is 8.94. The number of oxazole rings is 1. The van der Waals surface area contributed by atoms with Crippen LogP contribution in [-0.4, -0.2) is 77.2 Å². The zero-order valence-electron chi connectivity index (χ0n) is 30.5. The Hall–Kier alpha value is -5.51. The van der Waals surface area contributed by atoms with E-state index in [4.69, 9.17) is 27.6 Å². The summed E-state index contributed by atoms with van der Waals surface area (Å²) in [7, 11) is 2.06. The number of hydrogen-bond acceptors (Lipinski definition) is 9. The number of aromatic nitrogens is 1. The summed E-state index contributed by atoms with van der Waals surface area (Å²) in [5.74, 6) is 0.260. The van der Waals surface area contributed by atoms with Crippen molar-refractivity contribution in [3.05, 3.63) is 105 Å². The molecule has 2 fully saturated rings. The van der Waals surface area contributed by atoms with Crippen LogP contribution < -0.4 is 15.1 Å². The van der Waals surface area contributed by atoms with E-state index < -0.39 is 23.8 Å². The van der Waals surface area contributed by atoms with Gasteiger partial charge in [-0.1, -0.05) is 17.7 Å². The maximum atomic E-state index is 13.3. The largest absolute Gasteiger partial charge is 0.441 e. The lowest BCUT2D eigenvalue weighted by molar-refractivity contribution is -0.136. The van der Waals surface area contributed by atoms with Crippen molar-refractivity contribution in [3.63, 3.8) is 0 Å². The van der Waals surface area contributed by atoms with Crippen molar-refractivity contribution >= 4 is 52.3 Å². The molecule has 280 valence electrons. The van der Waals surface area contributed by atoms with Gasteiger partial charge in [-0.05, 0) is 91.3 Å². The van der Waals surface area contributed by atoms with Gasteiger partial charge in [-0.2, -0.15) is 0 Å². The molecule has 1 aromatic heterocycles. The van der Waals surface area contributed by atoms with Crippen LogP contribution in [0.3, 0.4) is 0 Å². The van der Waals surface area contributed by atoms with Crippen LogP contribution in [0, 0.1) is 12.5 Å². The minimum atomic E-state index is -0.954. The number of fused-ring (bicyclic) bond motifs is 3. The van der Waals surface area contributed by atoms with Crippen molar-refractivity contribution < 1.29 is 23.6 Å². The number of carbonyl (C=O) groups is 4. The number of hydrogen-bond donors (Lipinski definition) is 1. The summed E-state index contributed by atoms with van der Waals surface area (Å²) in [5.41, 5.74) is 7.39. The fourth-order valence-electron chi connectivity index (χ4n) is 8.95. The first kappa shape index (κ1) is 35.2. The molecule has 55 heavy (non-hydrogen) atoms. The third-order valence-corrected chi connectivity index (χ3v) is 12.4. The molecule has 0 bridgehead atoms. The molecule has 1 N–H and O–H groups in total. The highest BCUT2D eigenvalue weighted by atomic mass is 35.5. The van der Waals surface area contributed by atoms with E-state index >= 15 is 0 Å². The molecule has 9 rings (SSSR count). The lowest BCUT2D eigenvalue weighted by Crippen LogP contribution is -2.54. The lowest BCUT2D eigenvalue weighted by atomic mass is 9.95. The monoisotopic (exact) mass is 757 g/mol. The molecule has 4 aromatic rings. The summed E-state index contributed by atoms with van der Waals surface area (Å²) in [6, 6.07) is 17.1. The third kappa shape index (κ3) is 6.45. The summed E-state index contributed by atoms with van der Waals surface area (Å²) in [5, 5.41) is 2.72. The summed E-state index contributed by atoms with van der Waals surface area (Å²) < 4.78 is 6.27. The Morgan fingerprint density at radius 1 is 0.927 bits per heavy atom. The predicted octanol–water partition coefficient (Wildman–Crippen LogP) is 6.17. The highest BCUT2D eigenvalue weighted by molar-refractivity contribution is 6.33. The van der Waals surface area contributed by atoms with E-state index in [0.717, 1.165) is 104 Å². The average molecular weight is 758 g/mol. The number of benzene rings is 3. The number of halogens is 1. The maximum Gasteiger partial charge on any atom is 0.262 e. The molecule has 4 amide bonds. The first-order valence-corrected chi connectivity index (χ1v) is 19.3. The Balaban J connectivity index is 0.777. The molecule has 0 saturated carbocycles. The SMILES string of the molecule is [C-]#[N+]c1ccc(N(C)[C@@H]2CCc3oc(-c4ccc(N5CCC(CN6Cc7cc8c(cc7C6)C(=O)N(C6CCC(=O)NC6=O)C8=O)CC5)cc4)nc3C2)cc1Cl. The topological polar surface area (TPSA) is 124 Å². The first-order valence-electron chi connectivity index (χ1n) is 19.0. The van der Waals surface area contributed by atoms with E-state index in [1.165, 1.54) is 5.69 Å². The smallest absolute Gasteiger partial charge is 0.262 e. The molecule has 5 aliphatic rings. The summed E-state index contributed by atoms with van der Waals surface area (Å²) >= 11 is 6.32. The van der Waals surface area contributed by atoms with Crippen molar-refractivity contribution in [2.45, 2.75) is 70.1 Å². The van der Waals surface area contributed by atoms with E-state index in [2.05, 4.69) is 56.2 Å². The van der Waals surface area contributed by atoms with Gasteiger partial charge in [0.15, 0.2) is 0 Å². The molecule has 12 nitrogen and oxygen atoms in total. The van der Waals surface area contributed by atoms with E-state index in [-0.39, 0.29) is 24.8 Å². The standard InChI is InChI=1S/C42H40ClN7O5/c1-44-34-9-7-29(19-33(34)43)47(2)30-8-11-37-35(20-30)45-40(55-37)25-3-5-28(6-4-25)49-15-13-24(14-16-49)21-48-22-26-17-31-32(18-27(26)23-48)42(54)50(41(31)53)36-10-12-38(51)46-39(36)52/h3-7,9,17-19,24,30,36H,8,10-16,20-23H2,2H3,(H,46,51,52)/t30-,36?/m1/s1. The Bertz CT molecular complexity index is 2240. The molecule has 2 atom stereocenters. The van der Waals surface area contributed by atoms with Crippen LogP contribution in [-0.2, 0) is 35.5 Å². The fraction of sp³-hybridized carbons (Fsp3) is 0.381. The van der Waals surface area contributed by atoms with Gasteiger partial charge < -0.3 is 14.2 Å². The zero-order chi connectivity index (χ0) is 38.0. The minimum absolute atomic E-state index is 0.104. The van der Waals surface area contributed by atoms with E-state index in [9.17, 15) is 19.2 Å². The van der Waals surface area contributed by atoms with Gasteiger partial charge in [0.2, 0.25) is 23.4 Å². The number of nitrogens with one attached hydrogen (secondary N) is 1. The lowest BCUT2D eigenvalue weighted by Gasteiger charge is -2.35. The van der Waals surface area contributed by atoms with E-state index in [1.807, 2.05) is 24.3 Å². The maximum absolute atomic E-state index is 13.3. The quantitative estimate of drug-likeness (QED) is 0.174. The van der Waals surface area contributed by atoms with Crippen molar-refractivity contribution in [2.24, 2.45) is 5.92 Å². The van der Waals surface area contributed by atoms with E-state index in [0.29, 0.717) is 33.6 Å². The normalized spacial score (nSPS) is 21.3. The van der Waals surface area contributed by atoms with Crippen LogP contribution in [0.5, 0.6) is 0 Å². The van der Waals surface area contributed by atoms with Gasteiger partial charge in [-0.3, -0.25) is 34.3 Å². The van der Waals surface area contributed by atoms with Crippen LogP contribution in [0.2, 0.25) is 5.02 Å². The van der Waals surface area contributed by atoms with Crippen molar-refractivity contribution in [1.82, 2.24) is 20.1 Å². The summed E-state index contributed by atoms with van der Waals surface area (Å²) in [6.07, 6.45) is 4.93. The molecule has 3 aromatic carbocycles.